The molecular formula is C52H31N3. The lowest BCUT2D eigenvalue weighted by Crippen LogP contribution is -2.30. The van der Waals surface area contributed by atoms with Gasteiger partial charge < -0.3 is 0 Å². The second kappa shape index (κ2) is 11.4. The Kier molecular flexibility index (Phi) is 6.26. The van der Waals surface area contributed by atoms with Crippen LogP contribution in [0.4, 0.5) is 0 Å². The summed E-state index contributed by atoms with van der Waals surface area (Å²) < 4.78 is 0. The topological polar surface area (TPSA) is 38.7 Å². The Hall–Kier alpha value is -7.23. The molecule has 0 saturated heterocycles. The molecule has 0 saturated carbocycles. The van der Waals surface area contributed by atoms with Crippen LogP contribution >= 0.6 is 0 Å². The first-order valence-corrected chi connectivity index (χ1v) is 18.9. The van der Waals surface area contributed by atoms with Crippen LogP contribution in [0, 0.1) is 0 Å². The van der Waals surface area contributed by atoms with E-state index in [1.165, 1.54) is 76.8 Å². The predicted molar refractivity (Wildman–Crippen MR) is 226 cm³/mol. The summed E-state index contributed by atoms with van der Waals surface area (Å²) in [4.78, 5) is 15.3. The summed E-state index contributed by atoms with van der Waals surface area (Å²) in [5.41, 5.74) is 12.3. The van der Waals surface area contributed by atoms with E-state index >= 15 is 0 Å². The van der Waals surface area contributed by atoms with Gasteiger partial charge in [0.1, 0.15) is 0 Å². The molecule has 3 nitrogen and oxygen atoms in total. The molecule has 0 fully saturated rings. The Morgan fingerprint density at radius 2 is 0.927 bits per heavy atom. The summed E-state index contributed by atoms with van der Waals surface area (Å²) in [5, 5.41) is 7.78. The van der Waals surface area contributed by atoms with Crippen molar-refractivity contribution in [2.24, 2.45) is 0 Å². The average molecular weight is 698 g/mol. The number of aromatic nitrogens is 3. The van der Waals surface area contributed by atoms with Gasteiger partial charge in [0.25, 0.3) is 0 Å². The summed E-state index contributed by atoms with van der Waals surface area (Å²) >= 11 is 0. The van der Waals surface area contributed by atoms with E-state index in [1.807, 2.05) is 36.4 Å². The van der Waals surface area contributed by atoms with Crippen LogP contribution in [0.15, 0.2) is 176 Å². The second-order valence-corrected chi connectivity index (χ2v) is 14.7. The molecule has 3 heteroatoms. The summed E-state index contributed by atoms with van der Waals surface area (Å²) in [7, 11) is 0. The van der Waals surface area contributed by atoms with Crippen LogP contribution in [0.2, 0.25) is 0 Å². The molecule has 55 heavy (non-hydrogen) atoms. The minimum Gasteiger partial charge on any atom is -0.208 e. The van der Waals surface area contributed by atoms with Crippen molar-refractivity contribution in [3.8, 4) is 45.3 Å². The molecule has 2 aliphatic carbocycles. The lowest BCUT2D eigenvalue weighted by molar-refractivity contribution is 0.768. The molecule has 0 aliphatic heterocycles. The van der Waals surface area contributed by atoms with Gasteiger partial charge in [0.05, 0.1) is 5.41 Å². The Morgan fingerprint density at radius 1 is 0.345 bits per heavy atom. The fourth-order valence-electron chi connectivity index (χ4n) is 9.56. The summed E-state index contributed by atoms with van der Waals surface area (Å²) in [6.45, 7) is 0. The molecule has 0 amide bonds. The van der Waals surface area contributed by atoms with Crippen molar-refractivity contribution in [1.82, 2.24) is 15.0 Å². The van der Waals surface area contributed by atoms with E-state index in [2.05, 4.69) is 152 Å². The molecule has 1 heterocycles. The van der Waals surface area contributed by atoms with E-state index in [0.29, 0.717) is 17.5 Å². The summed E-state index contributed by atoms with van der Waals surface area (Å²) in [6, 6.07) is 63.6. The molecule has 1 spiro atoms. The maximum atomic E-state index is 5.17. The smallest absolute Gasteiger partial charge is 0.164 e. The summed E-state index contributed by atoms with van der Waals surface area (Å²) in [5.74, 6) is 1.95. The zero-order chi connectivity index (χ0) is 36.1. The first kappa shape index (κ1) is 30.3. The number of rotatable bonds is 3. The number of hydrogen-bond acceptors (Lipinski definition) is 3. The Bertz CT molecular complexity index is 3130. The van der Waals surface area contributed by atoms with Crippen molar-refractivity contribution in [3.63, 3.8) is 0 Å². The van der Waals surface area contributed by atoms with Gasteiger partial charge in [-0.3, -0.25) is 0 Å². The highest BCUT2D eigenvalue weighted by Gasteiger charge is 2.49. The van der Waals surface area contributed by atoms with Crippen LogP contribution in [0.5, 0.6) is 0 Å². The molecule has 0 N–H and O–H groups in total. The highest BCUT2D eigenvalue weighted by Crippen LogP contribution is 2.61. The van der Waals surface area contributed by atoms with E-state index in [-0.39, 0.29) is 0 Å². The molecule has 9 aromatic carbocycles. The van der Waals surface area contributed by atoms with Gasteiger partial charge in [-0.15, -0.1) is 0 Å². The van der Waals surface area contributed by atoms with Gasteiger partial charge in [-0.05, 0) is 89.0 Å². The SMILES string of the molecule is C1=Cc2ccc(-c3nc(-c4ccccc4)nc(-c4ccccc4)n3)cc2C2(c3ccccc31)c1ccccc1-c1c2cc2ccc3cccc4ccc1c2c34. The van der Waals surface area contributed by atoms with Gasteiger partial charge in [-0.2, -0.15) is 0 Å². The molecular weight excluding hydrogens is 667 g/mol. The van der Waals surface area contributed by atoms with Crippen molar-refractivity contribution in [2.45, 2.75) is 5.41 Å². The van der Waals surface area contributed by atoms with Crippen LogP contribution in [0.3, 0.4) is 0 Å². The molecule has 0 radical (unpaired) electrons. The maximum Gasteiger partial charge on any atom is 0.164 e. The molecule has 1 atom stereocenters. The molecule has 2 aliphatic rings. The van der Waals surface area contributed by atoms with Crippen LogP contribution in [-0.4, -0.2) is 15.0 Å². The van der Waals surface area contributed by atoms with E-state index in [9.17, 15) is 0 Å². The van der Waals surface area contributed by atoms with Crippen LogP contribution in [0.25, 0.3) is 89.8 Å². The minimum atomic E-state index is -0.612. The second-order valence-electron chi connectivity index (χ2n) is 14.7. The van der Waals surface area contributed by atoms with E-state index in [0.717, 1.165) is 16.7 Å². The van der Waals surface area contributed by atoms with Crippen molar-refractivity contribution in [2.75, 3.05) is 0 Å². The van der Waals surface area contributed by atoms with Crippen molar-refractivity contribution < 1.29 is 0 Å². The highest BCUT2D eigenvalue weighted by atomic mass is 15.0. The molecule has 1 aromatic heterocycles. The van der Waals surface area contributed by atoms with Gasteiger partial charge in [-0.1, -0.05) is 176 Å². The number of hydrogen-bond donors (Lipinski definition) is 0. The zero-order valence-electron chi connectivity index (χ0n) is 29.7. The molecule has 254 valence electrons. The molecule has 10 aromatic rings. The lowest BCUT2D eigenvalue weighted by atomic mass is 9.65. The first-order valence-electron chi connectivity index (χ1n) is 18.9. The minimum absolute atomic E-state index is 0.612. The van der Waals surface area contributed by atoms with Crippen molar-refractivity contribution in [3.05, 3.63) is 209 Å². The van der Waals surface area contributed by atoms with Gasteiger partial charge in [0.15, 0.2) is 17.5 Å². The van der Waals surface area contributed by atoms with E-state index in [1.54, 1.807) is 0 Å². The quantitative estimate of drug-likeness (QED) is 0.173. The number of nitrogens with zero attached hydrogens (tertiary/aromatic N) is 3. The van der Waals surface area contributed by atoms with E-state index < -0.39 is 5.41 Å². The standard InChI is InChI=1S/C52H31N3/c1-3-13-36(14-4-1)49-53-50(37-15-5-2-6-16-37)55-51(54-49)39-27-24-33-23-22-32-12-7-9-20-42(32)52(44(33)31-39)43-21-10-8-19-40(43)48-41-29-28-35-18-11-17-34-25-26-38(30-45(48)52)47(41)46(34)35/h1-31H. The number of benzene rings is 9. The predicted octanol–water partition coefficient (Wildman–Crippen LogP) is 12.6. The third kappa shape index (κ3) is 4.24. The third-order valence-corrected chi connectivity index (χ3v) is 11.9. The van der Waals surface area contributed by atoms with Crippen molar-refractivity contribution in [1.29, 1.82) is 0 Å². The zero-order valence-corrected chi connectivity index (χ0v) is 29.7. The fraction of sp³-hybridized carbons (Fsp3) is 0.0192. The van der Waals surface area contributed by atoms with Gasteiger partial charge in [0.2, 0.25) is 0 Å². The van der Waals surface area contributed by atoms with Crippen molar-refractivity contribution >= 4 is 44.5 Å². The Morgan fingerprint density at radius 3 is 1.65 bits per heavy atom. The third-order valence-electron chi connectivity index (χ3n) is 11.9. The fourth-order valence-corrected chi connectivity index (χ4v) is 9.56. The Labute approximate surface area is 318 Å². The van der Waals surface area contributed by atoms with Gasteiger partial charge >= 0.3 is 0 Å². The van der Waals surface area contributed by atoms with Crippen LogP contribution in [-0.2, 0) is 5.41 Å². The lowest BCUT2D eigenvalue weighted by Gasteiger charge is -2.35. The summed E-state index contributed by atoms with van der Waals surface area (Å²) in [6.07, 6.45) is 4.58. The molecule has 1 unspecified atom stereocenters. The van der Waals surface area contributed by atoms with Gasteiger partial charge in [0, 0.05) is 16.7 Å². The maximum absolute atomic E-state index is 5.17. The van der Waals surface area contributed by atoms with Crippen LogP contribution in [0.1, 0.15) is 33.4 Å². The average Bonchev–Trinajstić information content (AvgIpc) is 3.46. The largest absolute Gasteiger partial charge is 0.208 e. The Balaban J connectivity index is 1.19. The monoisotopic (exact) mass is 697 g/mol. The first-order chi connectivity index (χ1) is 27.3. The normalized spacial score (nSPS) is 15.3. The highest BCUT2D eigenvalue weighted by molar-refractivity contribution is 6.26. The van der Waals surface area contributed by atoms with Gasteiger partial charge in [-0.25, -0.2) is 15.0 Å². The molecule has 12 rings (SSSR count). The van der Waals surface area contributed by atoms with E-state index in [4.69, 9.17) is 15.0 Å². The number of fused-ring (bicyclic) bond motifs is 10. The van der Waals surface area contributed by atoms with Crippen LogP contribution < -0.4 is 0 Å². The molecule has 0 bridgehead atoms.